The standard InChI is InChI=1S/C24H38N4O5S.2ClH/c1-19(2)9-18-33-22-7-5-21(6-8-22)27-14-16-28(17-15-27)34(31,32)24(23(29)25-30)10-12-26(13-11-24)20-3-4-20;;/h5-8,19-20,30H,3-4,9-18H2,1-2H3,(H,25,29);2*1H. The van der Waals surface area contributed by atoms with Gasteiger partial charge in [-0.2, -0.15) is 4.31 Å². The van der Waals surface area contributed by atoms with Gasteiger partial charge in [-0.1, -0.05) is 13.8 Å². The Balaban J connectivity index is 0.00000228. The molecule has 2 aliphatic heterocycles. The molecule has 2 saturated heterocycles. The van der Waals surface area contributed by atoms with Crippen LogP contribution in [0.1, 0.15) is 46.0 Å². The number of nitrogens with one attached hydrogen (secondary N) is 1. The van der Waals surface area contributed by atoms with E-state index in [-0.39, 0.29) is 37.7 Å². The molecule has 1 aliphatic carbocycles. The Morgan fingerprint density at radius 1 is 1.06 bits per heavy atom. The smallest absolute Gasteiger partial charge is 0.266 e. The number of carbonyl (C=O) groups excluding carboxylic acids is 1. The van der Waals surface area contributed by atoms with Gasteiger partial charge >= 0.3 is 0 Å². The highest BCUT2D eigenvalue weighted by Gasteiger charge is 2.55. The number of hydroxylamine groups is 1. The number of hydrogen-bond donors (Lipinski definition) is 2. The van der Waals surface area contributed by atoms with E-state index < -0.39 is 20.7 Å². The van der Waals surface area contributed by atoms with Gasteiger partial charge in [0.15, 0.2) is 4.75 Å². The molecule has 3 fully saturated rings. The van der Waals surface area contributed by atoms with Gasteiger partial charge in [-0.05, 0) is 62.3 Å². The van der Waals surface area contributed by atoms with E-state index in [9.17, 15) is 18.4 Å². The molecule has 2 N–H and O–H groups in total. The third-order valence-electron chi connectivity index (χ3n) is 7.42. The molecule has 1 aromatic carbocycles. The van der Waals surface area contributed by atoms with E-state index in [1.165, 1.54) is 4.31 Å². The van der Waals surface area contributed by atoms with Crippen molar-refractivity contribution in [1.29, 1.82) is 0 Å². The van der Waals surface area contributed by atoms with E-state index >= 15 is 0 Å². The first-order chi connectivity index (χ1) is 16.3. The second-order valence-electron chi connectivity index (χ2n) is 10.1. The summed E-state index contributed by atoms with van der Waals surface area (Å²) in [5, 5.41) is 9.38. The number of halogens is 2. The van der Waals surface area contributed by atoms with Crippen LogP contribution in [-0.2, 0) is 14.8 Å². The largest absolute Gasteiger partial charge is 0.494 e. The molecule has 3 aliphatic rings. The molecule has 12 heteroatoms. The number of hydrogen-bond acceptors (Lipinski definition) is 7. The fourth-order valence-corrected chi connectivity index (χ4v) is 7.11. The third-order valence-corrected chi connectivity index (χ3v) is 10.0. The average molecular weight is 568 g/mol. The molecule has 4 rings (SSSR count). The Morgan fingerprint density at radius 2 is 1.64 bits per heavy atom. The van der Waals surface area contributed by atoms with E-state index in [1.807, 2.05) is 24.3 Å². The maximum atomic E-state index is 13.7. The Bertz CT molecular complexity index is 944. The first-order valence-electron chi connectivity index (χ1n) is 12.4. The molecular weight excluding hydrogens is 527 g/mol. The van der Waals surface area contributed by atoms with Crippen molar-refractivity contribution in [3.05, 3.63) is 24.3 Å². The average Bonchev–Trinajstić information content (AvgIpc) is 3.69. The van der Waals surface area contributed by atoms with Crippen molar-refractivity contribution in [1.82, 2.24) is 14.7 Å². The van der Waals surface area contributed by atoms with Crippen LogP contribution < -0.4 is 15.1 Å². The maximum Gasteiger partial charge on any atom is 0.266 e. The quantitative estimate of drug-likeness (QED) is 0.350. The van der Waals surface area contributed by atoms with Crippen LogP contribution in [0.15, 0.2) is 24.3 Å². The molecule has 0 radical (unpaired) electrons. The first kappa shape index (κ1) is 30.9. The fourth-order valence-electron chi connectivity index (χ4n) is 4.99. The van der Waals surface area contributed by atoms with Crippen LogP contribution in [0, 0.1) is 5.92 Å². The summed E-state index contributed by atoms with van der Waals surface area (Å²) < 4.78 is 33.0. The number of carbonyl (C=O) groups is 1. The Labute approximate surface area is 227 Å². The zero-order chi connectivity index (χ0) is 24.3. The van der Waals surface area contributed by atoms with Crippen LogP contribution in [0.25, 0.3) is 0 Å². The van der Waals surface area contributed by atoms with Gasteiger partial charge in [0.2, 0.25) is 10.0 Å². The molecule has 0 atom stereocenters. The van der Waals surface area contributed by atoms with Crippen molar-refractivity contribution in [2.75, 3.05) is 50.8 Å². The lowest BCUT2D eigenvalue weighted by atomic mass is 9.95. The van der Waals surface area contributed by atoms with Crippen LogP contribution >= 0.6 is 24.8 Å². The fraction of sp³-hybridized carbons (Fsp3) is 0.708. The summed E-state index contributed by atoms with van der Waals surface area (Å²) in [6.45, 7) is 7.84. The highest BCUT2D eigenvalue weighted by atomic mass is 35.5. The number of amides is 1. The second-order valence-corrected chi connectivity index (χ2v) is 12.4. The SMILES string of the molecule is CC(C)CCOc1ccc(N2CCN(S(=O)(=O)C3(C(=O)NO)CCN(C4CC4)CC3)CC2)cc1.Cl.Cl. The minimum atomic E-state index is -3.93. The van der Waals surface area contributed by atoms with Crippen molar-refractivity contribution in [2.24, 2.45) is 5.92 Å². The number of rotatable bonds is 9. The molecule has 0 unspecified atom stereocenters. The van der Waals surface area contributed by atoms with Gasteiger partial charge in [0, 0.05) is 51.0 Å². The van der Waals surface area contributed by atoms with E-state index in [2.05, 4.69) is 23.6 Å². The minimum Gasteiger partial charge on any atom is -0.494 e. The molecule has 1 saturated carbocycles. The van der Waals surface area contributed by atoms with Crippen molar-refractivity contribution < 1.29 is 23.2 Å². The molecular formula is C24H40Cl2N4O5S. The zero-order valence-electron chi connectivity index (χ0n) is 21.1. The lowest BCUT2D eigenvalue weighted by Crippen LogP contribution is -2.63. The van der Waals surface area contributed by atoms with Gasteiger partial charge in [-0.3, -0.25) is 10.0 Å². The van der Waals surface area contributed by atoms with Crippen molar-refractivity contribution in [3.8, 4) is 5.75 Å². The van der Waals surface area contributed by atoms with E-state index in [0.29, 0.717) is 57.8 Å². The van der Waals surface area contributed by atoms with Gasteiger partial charge in [-0.15, -0.1) is 24.8 Å². The van der Waals surface area contributed by atoms with Crippen molar-refractivity contribution in [3.63, 3.8) is 0 Å². The van der Waals surface area contributed by atoms with Gasteiger partial charge in [-0.25, -0.2) is 13.9 Å². The Morgan fingerprint density at radius 3 is 2.14 bits per heavy atom. The monoisotopic (exact) mass is 566 g/mol. The first-order valence-corrected chi connectivity index (χ1v) is 13.9. The third kappa shape index (κ3) is 6.57. The number of benzene rings is 1. The summed E-state index contributed by atoms with van der Waals surface area (Å²) >= 11 is 0. The molecule has 206 valence electrons. The normalized spacial score (nSPS) is 20.8. The Hall–Kier alpha value is -1.30. The predicted octanol–water partition coefficient (Wildman–Crippen LogP) is 2.91. The zero-order valence-corrected chi connectivity index (χ0v) is 23.5. The molecule has 0 bridgehead atoms. The van der Waals surface area contributed by atoms with Gasteiger partial charge in [0.05, 0.1) is 6.61 Å². The number of sulfonamides is 1. The molecule has 1 amide bonds. The number of anilines is 1. The van der Waals surface area contributed by atoms with Gasteiger partial charge < -0.3 is 14.5 Å². The summed E-state index contributed by atoms with van der Waals surface area (Å²) in [7, 11) is -3.93. The lowest BCUT2D eigenvalue weighted by molar-refractivity contribution is -0.133. The predicted molar refractivity (Wildman–Crippen MR) is 145 cm³/mol. The number of piperazine rings is 1. The Kier molecular flexibility index (Phi) is 11.1. The molecule has 1 aromatic rings. The topological polar surface area (TPSA) is 102 Å². The summed E-state index contributed by atoms with van der Waals surface area (Å²) in [5.41, 5.74) is 2.68. The maximum absolute atomic E-state index is 13.7. The van der Waals surface area contributed by atoms with Crippen LogP contribution in [-0.4, -0.2) is 85.4 Å². The van der Waals surface area contributed by atoms with Crippen LogP contribution in [0.3, 0.4) is 0 Å². The summed E-state index contributed by atoms with van der Waals surface area (Å²) in [4.78, 5) is 17.1. The van der Waals surface area contributed by atoms with E-state index in [4.69, 9.17) is 4.74 Å². The van der Waals surface area contributed by atoms with Crippen LogP contribution in [0.5, 0.6) is 5.75 Å². The van der Waals surface area contributed by atoms with E-state index in [1.54, 1.807) is 5.48 Å². The number of piperidine rings is 1. The second kappa shape index (κ2) is 13.0. The minimum absolute atomic E-state index is 0. The van der Waals surface area contributed by atoms with Gasteiger partial charge in [0.25, 0.3) is 5.91 Å². The van der Waals surface area contributed by atoms with E-state index in [0.717, 1.165) is 30.7 Å². The van der Waals surface area contributed by atoms with Crippen molar-refractivity contribution >= 4 is 46.4 Å². The van der Waals surface area contributed by atoms with Crippen molar-refractivity contribution in [2.45, 2.75) is 56.7 Å². The summed E-state index contributed by atoms with van der Waals surface area (Å²) in [6.07, 6.45) is 3.69. The summed E-state index contributed by atoms with van der Waals surface area (Å²) in [5.74, 6) is 0.624. The number of ether oxygens (including phenoxy) is 1. The molecule has 36 heavy (non-hydrogen) atoms. The highest BCUT2D eigenvalue weighted by molar-refractivity contribution is 7.91. The summed E-state index contributed by atoms with van der Waals surface area (Å²) in [6, 6.07) is 8.43. The molecule has 0 aromatic heterocycles. The van der Waals surface area contributed by atoms with Crippen LogP contribution in [0.2, 0.25) is 0 Å². The number of likely N-dealkylation sites (tertiary alicyclic amines) is 1. The van der Waals surface area contributed by atoms with Crippen LogP contribution in [0.4, 0.5) is 5.69 Å². The molecule has 9 nitrogen and oxygen atoms in total. The molecule has 0 spiro atoms. The number of nitrogens with zero attached hydrogens (tertiary/aromatic N) is 3. The highest BCUT2D eigenvalue weighted by Crippen LogP contribution is 2.38. The van der Waals surface area contributed by atoms with Gasteiger partial charge in [0.1, 0.15) is 5.75 Å². The molecule has 2 heterocycles. The lowest BCUT2D eigenvalue weighted by Gasteiger charge is -2.44.